The molecular formula is C22H35BrO5. The van der Waals surface area contributed by atoms with Gasteiger partial charge in [0.2, 0.25) is 0 Å². The van der Waals surface area contributed by atoms with Crippen LogP contribution >= 0.6 is 15.9 Å². The van der Waals surface area contributed by atoms with Crippen molar-refractivity contribution in [3.05, 3.63) is 0 Å². The summed E-state index contributed by atoms with van der Waals surface area (Å²) in [6.07, 6.45) is 5.34. The van der Waals surface area contributed by atoms with E-state index < -0.39 is 11.5 Å². The quantitative estimate of drug-likeness (QED) is 0.446. The highest BCUT2D eigenvalue weighted by atomic mass is 79.9. The Kier molecular flexibility index (Phi) is 5.65. The van der Waals surface area contributed by atoms with Gasteiger partial charge in [-0.2, -0.15) is 0 Å². The number of alkyl halides is 1. The van der Waals surface area contributed by atoms with Gasteiger partial charge in [0.25, 0.3) is 0 Å². The SMILES string of the molecule is CCC(=O)O[C@H]1[C@H](Br)CC2C3C(O)CC4C[C@@H](O)CC[C@]4(C)C3CC[C@@]21CO. The fourth-order valence-electron chi connectivity index (χ4n) is 7.64. The third-order valence-electron chi connectivity index (χ3n) is 9.13. The smallest absolute Gasteiger partial charge is 0.305 e. The monoisotopic (exact) mass is 458 g/mol. The molecule has 6 heteroatoms. The minimum atomic E-state index is -0.460. The van der Waals surface area contributed by atoms with Crippen molar-refractivity contribution in [2.45, 2.75) is 88.4 Å². The van der Waals surface area contributed by atoms with E-state index in [1.807, 2.05) is 0 Å². The zero-order chi connectivity index (χ0) is 20.3. The van der Waals surface area contributed by atoms with Gasteiger partial charge in [-0.25, -0.2) is 0 Å². The molecule has 4 rings (SSSR count). The Hall–Kier alpha value is -0.170. The first-order valence-corrected chi connectivity index (χ1v) is 12.0. The fourth-order valence-corrected chi connectivity index (χ4v) is 8.68. The number of halogens is 1. The molecule has 0 aromatic carbocycles. The topological polar surface area (TPSA) is 87.0 Å². The Morgan fingerprint density at radius 1 is 1.14 bits per heavy atom. The van der Waals surface area contributed by atoms with Crippen LogP contribution in [-0.4, -0.2) is 51.0 Å². The summed E-state index contributed by atoms with van der Waals surface area (Å²) in [6, 6.07) is 0. The molecule has 0 aromatic rings. The van der Waals surface area contributed by atoms with Gasteiger partial charge in [-0.05, 0) is 74.0 Å². The highest BCUT2D eigenvalue weighted by Crippen LogP contribution is 2.67. The third-order valence-corrected chi connectivity index (χ3v) is 9.98. The third kappa shape index (κ3) is 3.00. The molecule has 3 N–H and O–H groups in total. The second kappa shape index (κ2) is 7.51. The lowest BCUT2D eigenvalue weighted by Crippen LogP contribution is -2.60. The molecular weight excluding hydrogens is 424 g/mol. The summed E-state index contributed by atoms with van der Waals surface area (Å²) in [5, 5.41) is 31.9. The number of aliphatic hydroxyl groups is 3. The highest BCUT2D eigenvalue weighted by molar-refractivity contribution is 9.09. The van der Waals surface area contributed by atoms with E-state index in [2.05, 4.69) is 22.9 Å². The maximum atomic E-state index is 12.1. The Morgan fingerprint density at radius 3 is 2.57 bits per heavy atom. The summed E-state index contributed by atoms with van der Waals surface area (Å²) in [6.45, 7) is 4.16. The number of carbonyl (C=O) groups is 1. The number of fused-ring (bicyclic) bond motifs is 5. The van der Waals surface area contributed by atoms with E-state index in [0.29, 0.717) is 18.3 Å². The average molecular weight is 459 g/mol. The van der Waals surface area contributed by atoms with Gasteiger partial charge in [0.05, 0.1) is 23.6 Å². The number of aliphatic hydroxyl groups excluding tert-OH is 3. The van der Waals surface area contributed by atoms with Crippen molar-refractivity contribution in [1.29, 1.82) is 0 Å². The molecule has 0 radical (unpaired) electrons. The zero-order valence-electron chi connectivity index (χ0n) is 17.0. The number of hydrogen-bond acceptors (Lipinski definition) is 5. The van der Waals surface area contributed by atoms with Gasteiger partial charge in [-0.1, -0.05) is 29.8 Å². The summed E-state index contributed by atoms with van der Waals surface area (Å²) < 4.78 is 5.84. The summed E-state index contributed by atoms with van der Waals surface area (Å²) in [5.41, 5.74) is -0.316. The van der Waals surface area contributed by atoms with Gasteiger partial charge in [-0.3, -0.25) is 4.79 Å². The molecule has 160 valence electrons. The van der Waals surface area contributed by atoms with Crippen LogP contribution in [0.5, 0.6) is 0 Å². The number of hydrogen-bond donors (Lipinski definition) is 3. The van der Waals surface area contributed by atoms with E-state index in [-0.39, 0.29) is 46.9 Å². The van der Waals surface area contributed by atoms with Gasteiger partial charge >= 0.3 is 5.97 Å². The van der Waals surface area contributed by atoms with Crippen LogP contribution in [0.1, 0.15) is 65.2 Å². The summed E-state index contributed by atoms with van der Waals surface area (Å²) in [4.78, 5) is 12.1. The lowest BCUT2D eigenvalue weighted by Gasteiger charge is -2.62. The van der Waals surface area contributed by atoms with Crippen molar-refractivity contribution in [3.8, 4) is 0 Å². The van der Waals surface area contributed by atoms with E-state index in [1.54, 1.807) is 6.92 Å². The Morgan fingerprint density at radius 2 is 1.89 bits per heavy atom. The molecule has 10 atom stereocenters. The Labute approximate surface area is 176 Å². The molecule has 4 saturated carbocycles. The lowest BCUT2D eigenvalue weighted by molar-refractivity contribution is -0.194. The van der Waals surface area contributed by atoms with Crippen molar-refractivity contribution < 1.29 is 24.9 Å². The summed E-state index contributed by atoms with van der Waals surface area (Å²) in [5.74, 6) is 0.822. The van der Waals surface area contributed by atoms with E-state index in [4.69, 9.17) is 4.74 Å². The predicted octanol–water partition coefficient (Wildman–Crippen LogP) is 3.03. The van der Waals surface area contributed by atoms with Crippen molar-refractivity contribution >= 4 is 21.9 Å². The van der Waals surface area contributed by atoms with Crippen molar-refractivity contribution in [1.82, 2.24) is 0 Å². The van der Waals surface area contributed by atoms with Crippen LogP contribution in [0.25, 0.3) is 0 Å². The van der Waals surface area contributed by atoms with E-state index in [1.165, 1.54) is 0 Å². The van der Waals surface area contributed by atoms with Crippen LogP contribution in [0.15, 0.2) is 0 Å². The molecule has 0 amide bonds. The summed E-state index contributed by atoms with van der Waals surface area (Å²) in [7, 11) is 0. The molecule has 5 nitrogen and oxygen atoms in total. The van der Waals surface area contributed by atoms with Crippen LogP contribution in [0.4, 0.5) is 0 Å². The van der Waals surface area contributed by atoms with Gasteiger partial charge in [-0.15, -0.1) is 0 Å². The van der Waals surface area contributed by atoms with Crippen LogP contribution in [0.2, 0.25) is 0 Å². The molecule has 0 saturated heterocycles. The van der Waals surface area contributed by atoms with Crippen LogP contribution in [0.3, 0.4) is 0 Å². The number of rotatable bonds is 3. The standard InChI is InChI=1S/C22H35BrO5/c1-3-18(27)28-20-16(23)10-15-19-14(5-7-22(15,20)11-24)21(2)6-4-13(25)8-12(21)9-17(19)26/h12-17,19-20,24-26H,3-11H2,1-2H3/t12?,13-,14?,15?,16+,17?,19?,20-,21-,22+/m0/s1. The molecule has 4 aliphatic carbocycles. The van der Waals surface area contributed by atoms with Gasteiger partial charge in [0.1, 0.15) is 6.10 Å². The molecule has 4 fully saturated rings. The Bertz CT molecular complexity index is 614. The fraction of sp³-hybridized carbons (Fsp3) is 0.955. The normalized spacial score (nSPS) is 53.1. The largest absolute Gasteiger partial charge is 0.460 e. The minimum absolute atomic E-state index is 0.00375. The average Bonchev–Trinajstić information content (AvgIpc) is 2.95. The second-order valence-electron chi connectivity index (χ2n) is 10.2. The lowest BCUT2D eigenvalue weighted by atomic mass is 9.44. The molecule has 28 heavy (non-hydrogen) atoms. The minimum Gasteiger partial charge on any atom is -0.460 e. The predicted molar refractivity (Wildman–Crippen MR) is 109 cm³/mol. The van der Waals surface area contributed by atoms with Gasteiger partial charge in [0.15, 0.2) is 0 Å². The number of carbonyl (C=O) groups excluding carboxylic acids is 1. The number of ether oxygens (including phenoxy) is 1. The summed E-state index contributed by atoms with van der Waals surface area (Å²) >= 11 is 3.75. The van der Waals surface area contributed by atoms with E-state index in [0.717, 1.165) is 44.9 Å². The van der Waals surface area contributed by atoms with E-state index in [9.17, 15) is 20.1 Å². The van der Waals surface area contributed by atoms with Crippen LogP contribution in [0, 0.1) is 34.5 Å². The molecule has 0 aliphatic heterocycles. The first kappa shape index (κ1) is 21.1. The van der Waals surface area contributed by atoms with Gasteiger partial charge < -0.3 is 20.1 Å². The first-order chi connectivity index (χ1) is 13.3. The molecule has 0 heterocycles. The zero-order valence-corrected chi connectivity index (χ0v) is 18.6. The molecule has 4 aliphatic rings. The van der Waals surface area contributed by atoms with Crippen molar-refractivity contribution in [2.75, 3.05) is 6.61 Å². The molecule has 0 bridgehead atoms. The maximum absolute atomic E-state index is 12.1. The van der Waals surface area contributed by atoms with Crippen molar-refractivity contribution in [3.63, 3.8) is 0 Å². The molecule has 5 unspecified atom stereocenters. The Balaban J connectivity index is 1.66. The molecule has 0 spiro atoms. The maximum Gasteiger partial charge on any atom is 0.305 e. The number of esters is 1. The first-order valence-electron chi connectivity index (χ1n) is 11.1. The second-order valence-corrected chi connectivity index (χ2v) is 11.3. The van der Waals surface area contributed by atoms with Gasteiger partial charge in [0, 0.05) is 11.8 Å². The van der Waals surface area contributed by atoms with Crippen LogP contribution < -0.4 is 0 Å². The molecule has 0 aromatic heterocycles. The highest BCUT2D eigenvalue weighted by Gasteiger charge is 2.66. The van der Waals surface area contributed by atoms with E-state index >= 15 is 0 Å². The van der Waals surface area contributed by atoms with Crippen LogP contribution in [-0.2, 0) is 9.53 Å². The van der Waals surface area contributed by atoms with Crippen molar-refractivity contribution in [2.24, 2.45) is 34.5 Å².